The lowest BCUT2D eigenvalue weighted by molar-refractivity contribution is 0.953. The van der Waals surface area contributed by atoms with Gasteiger partial charge in [0.2, 0.25) is 5.95 Å². The second kappa shape index (κ2) is 13.6. The number of nitrogens with zero attached hydrogens (tertiary/aromatic N) is 6. The van der Waals surface area contributed by atoms with Crippen molar-refractivity contribution in [2.24, 2.45) is 0 Å². The average molecular weight is 749 g/mol. The minimum atomic E-state index is 0. The Labute approximate surface area is 340 Å². The molecule has 0 saturated heterocycles. The van der Waals surface area contributed by atoms with Gasteiger partial charge in [-0.05, 0) is 64.7 Å². The molecule has 0 radical (unpaired) electrons. The number of benzene rings is 8. The molecule has 0 amide bonds. The topological polar surface area (TPSA) is 52.9 Å². The normalized spacial score (nSPS) is 11.4. The third-order valence-electron chi connectivity index (χ3n) is 11.0. The van der Waals surface area contributed by atoms with Gasteiger partial charge in [0, 0.05) is 44.1 Å². The van der Waals surface area contributed by atoms with Gasteiger partial charge < -0.3 is 4.57 Å². The first kappa shape index (κ1) is 33.2. The molecule has 11 aromatic rings. The Balaban J connectivity index is 0.00000144. The molecule has 0 spiro atoms. The number of hydrogen-bond acceptors (Lipinski definition) is 3. The molecule has 278 valence electrons. The van der Waals surface area contributed by atoms with Gasteiger partial charge in [-0.15, -0.1) is 0 Å². The van der Waals surface area contributed by atoms with Crippen molar-refractivity contribution in [1.82, 2.24) is 24.1 Å². The molecule has 8 aromatic carbocycles. The van der Waals surface area contributed by atoms with E-state index < -0.39 is 0 Å². The lowest BCUT2D eigenvalue weighted by Gasteiger charge is -2.12. The van der Waals surface area contributed by atoms with E-state index in [1.165, 1.54) is 21.8 Å². The van der Waals surface area contributed by atoms with Crippen LogP contribution in [0.15, 0.2) is 194 Å². The maximum absolute atomic E-state index is 7.31. The Morgan fingerprint density at radius 1 is 0.362 bits per heavy atom. The third kappa shape index (κ3) is 5.53. The Morgan fingerprint density at radius 2 is 0.845 bits per heavy atom. The van der Waals surface area contributed by atoms with Crippen molar-refractivity contribution in [3.63, 3.8) is 0 Å². The summed E-state index contributed by atoms with van der Waals surface area (Å²) in [6.45, 7) is 7.31. The Kier molecular flexibility index (Phi) is 7.76. The van der Waals surface area contributed by atoms with Crippen molar-refractivity contribution in [3.05, 3.63) is 206 Å². The second-order valence-electron chi connectivity index (χ2n) is 14.4. The van der Waals surface area contributed by atoms with Crippen LogP contribution in [0.2, 0.25) is 0 Å². The second-order valence-corrected chi connectivity index (χ2v) is 14.4. The highest BCUT2D eigenvalue weighted by molar-refractivity contribution is 6.12. The number of rotatable bonds is 6. The highest BCUT2D eigenvalue weighted by Crippen LogP contribution is 2.38. The fraction of sp³-hybridized carbons (Fsp3) is 0. The van der Waals surface area contributed by atoms with Crippen LogP contribution in [-0.2, 0) is 0 Å². The van der Waals surface area contributed by atoms with E-state index in [4.69, 9.17) is 21.5 Å². The molecule has 0 aliphatic rings. The zero-order valence-corrected chi connectivity index (χ0v) is 31.2. The Bertz CT molecular complexity index is 3400. The van der Waals surface area contributed by atoms with Crippen molar-refractivity contribution in [3.8, 4) is 56.7 Å². The number of para-hydroxylation sites is 3. The van der Waals surface area contributed by atoms with Crippen molar-refractivity contribution in [2.75, 3.05) is 0 Å². The summed E-state index contributed by atoms with van der Waals surface area (Å²) in [4.78, 5) is 19.0. The summed E-state index contributed by atoms with van der Waals surface area (Å²) in [7, 11) is 0. The summed E-state index contributed by atoms with van der Waals surface area (Å²) in [5.74, 6) is 1.73. The molecule has 58 heavy (non-hydrogen) atoms. The van der Waals surface area contributed by atoms with Gasteiger partial charge in [-0.2, -0.15) is 9.97 Å². The van der Waals surface area contributed by atoms with Crippen LogP contribution < -0.4 is 0 Å². The minimum Gasteiger partial charge on any atom is -0.309 e. The highest BCUT2D eigenvalue weighted by atomic mass is 15.2. The molecule has 6 heteroatoms. The highest BCUT2D eigenvalue weighted by Gasteiger charge is 2.19. The van der Waals surface area contributed by atoms with Gasteiger partial charge in [0.15, 0.2) is 17.3 Å². The van der Waals surface area contributed by atoms with Gasteiger partial charge >= 0.3 is 0 Å². The summed E-state index contributed by atoms with van der Waals surface area (Å²) < 4.78 is 4.53. The van der Waals surface area contributed by atoms with Crippen LogP contribution in [0.3, 0.4) is 0 Å². The van der Waals surface area contributed by atoms with Crippen molar-refractivity contribution in [1.29, 1.82) is 0 Å². The van der Waals surface area contributed by atoms with E-state index in [2.05, 4.69) is 154 Å². The largest absolute Gasteiger partial charge is 0.309 e. The molecular weight excluding hydrogens is 709 g/mol. The van der Waals surface area contributed by atoms with Crippen LogP contribution in [0.4, 0.5) is 5.69 Å². The number of aromatic nitrogens is 5. The predicted molar refractivity (Wildman–Crippen MR) is 245 cm³/mol. The molecule has 11 rings (SSSR count). The smallest absolute Gasteiger partial charge is 0.238 e. The van der Waals surface area contributed by atoms with Crippen LogP contribution in [0, 0.1) is 6.57 Å². The fourth-order valence-electron chi connectivity index (χ4n) is 8.22. The quantitative estimate of drug-likeness (QED) is 0.159. The molecule has 3 aromatic heterocycles. The molecule has 0 saturated carbocycles. The van der Waals surface area contributed by atoms with E-state index in [0.717, 1.165) is 60.9 Å². The summed E-state index contributed by atoms with van der Waals surface area (Å²) in [6.07, 6.45) is 0. The van der Waals surface area contributed by atoms with E-state index in [1.54, 1.807) is 0 Å². The summed E-state index contributed by atoms with van der Waals surface area (Å²) in [5.41, 5.74) is 12.3. The van der Waals surface area contributed by atoms with Crippen LogP contribution in [0.25, 0.3) is 105 Å². The molecule has 0 unspecified atom stereocenters. The number of fused-ring (bicyclic) bond motifs is 6. The van der Waals surface area contributed by atoms with Gasteiger partial charge in [-0.3, -0.25) is 4.57 Å². The first-order chi connectivity index (χ1) is 28.7. The molecule has 0 N–H and O–H groups in total. The van der Waals surface area contributed by atoms with E-state index in [9.17, 15) is 0 Å². The van der Waals surface area contributed by atoms with Crippen LogP contribution >= 0.6 is 0 Å². The molecule has 0 aliphatic carbocycles. The fourth-order valence-corrected chi connectivity index (χ4v) is 8.22. The van der Waals surface area contributed by atoms with E-state index in [-0.39, 0.29) is 5.71 Å². The van der Waals surface area contributed by atoms with Crippen molar-refractivity contribution < 1.29 is 5.71 Å². The van der Waals surface area contributed by atoms with Gasteiger partial charge in [-0.1, -0.05) is 152 Å². The summed E-state index contributed by atoms with van der Waals surface area (Å²) in [6, 6.07) is 67.2. The lowest BCUT2D eigenvalue weighted by atomic mass is 10.0. The van der Waals surface area contributed by atoms with Gasteiger partial charge in [0.25, 0.3) is 0 Å². The maximum Gasteiger partial charge on any atom is 0.238 e. The van der Waals surface area contributed by atoms with Crippen molar-refractivity contribution >= 4 is 49.3 Å². The standard InChI is InChI=1S/C52H32N6.4H2/c1-53-40-28-24-35(25-29-40)34-20-22-37(23-21-34)51-54-50(36-12-4-2-5-13-36)55-52(56-51)58-47-19-11-8-16-42(47)44-30-26-39(33-49(44)58)38-27-31-48-45(32-38)43-17-9-10-18-46(43)57(48)41-14-6-3-7-15-41;;;;/h2-33H;4*1H. The molecule has 0 aliphatic heterocycles. The maximum atomic E-state index is 7.31. The van der Waals surface area contributed by atoms with Crippen LogP contribution in [-0.4, -0.2) is 24.1 Å². The number of hydrogen-bond donors (Lipinski definition) is 0. The molecule has 0 fully saturated rings. The van der Waals surface area contributed by atoms with E-state index in [1.807, 2.05) is 54.6 Å². The van der Waals surface area contributed by atoms with Gasteiger partial charge in [0.1, 0.15) is 0 Å². The zero-order valence-electron chi connectivity index (χ0n) is 31.2. The van der Waals surface area contributed by atoms with E-state index >= 15 is 0 Å². The van der Waals surface area contributed by atoms with Crippen LogP contribution in [0.1, 0.15) is 5.71 Å². The minimum absolute atomic E-state index is 0. The first-order valence-corrected chi connectivity index (χ1v) is 19.2. The summed E-state index contributed by atoms with van der Waals surface area (Å²) in [5, 5.41) is 4.68. The van der Waals surface area contributed by atoms with Crippen LogP contribution in [0.5, 0.6) is 0 Å². The average Bonchev–Trinajstić information content (AvgIpc) is 3.82. The molecule has 0 atom stereocenters. The monoisotopic (exact) mass is 748 g/mol. The first-order valence-electron chi connectivity index (χ1n) is 19.2. The third-order valence-corrected chi connectivity index (χ3v) is 11.0. The Morgan fingerprint density at radius 3 is 1.53 bits per heavy atom. The Hall–Kier alpha value is -8.14. The molecule has 0 bridgehead atoms. The van der Waals surface area contributed by atoms with Gasteiger partial charge in [0.05, 0.1) is 28.6 Å². The SMILES string of the molecule is [C-]#[N+]c1ccc(-c2ccc(-c3nc(-c4ccccc4)nc(-n4c5ccccc5c5ccc(-c6ccc7c(c6)c6ccccc6n7-c6ccccc6)cc54)n3)cc2)cc1.[HH].[HH].[HH].[HH]. The van der Waals surface area contributed by atoms with E-state index in [0.29, 0.717) is 23.3 Å². The molecular formula is C52H40N6. The lowest BCUT2D eigenvalue weighted by Crippen LogP contribution is -2.06. The zero-order chi connectivity index (χ0) is 38.6. The van der Waals surface area contributed by atoms with Gasteiger partial charge in [-0.25, -0.2) is 9.83 Å². The molecule has 6 nitrogen and oxygen atoms in total. The van der Waals surface area contributed by atoms with Crippen molar-refractivity contribution in [2.45, 2.75) is 0 Å². The predicted octanol–water partition coefficient (Wildman–Crippen LogP) is 14.3. The molecule has 3 heterocycles. The summed E-state index contributed by atoms with van der Waals surface area (Å²) >= 11 is 0.